The van der Waals surface area contributed by atoms with Crippen LogP contribution in [0.5, 0.6) is 11.5 Å². The maximum absolute atomic E-state index is 14.4. The van der Waals surface area contributed by atoms with Crippen LogP contribution in [0.1, 0.15) is 10.4 Å². The summed E-state index contributed by atoms with van der Waals surface area (Å²) in [6.07, 6.45) is 1.70. The maximum atomic E-state index is 14.4. The average molecular weight is 427 g/mol. The summed E-state index contributed by atoms with van der Waals surface area (Å²) >= 11 is 6.11. The third-order valence-corrected chi connectivity index (χ3v) is 5.62. The SMILES string of the molecule is CN(C)S(=O)(=O)NC(=O)c1cc(Cl)c(Oc2ccc3cnn(C)c3c2)cc1F. The Bertz CT molecular complexity index is 1180. The van der Waals surface area contributed by atoms with Gasteiger partial charge in [0.05, 0.1) is 22.3 Å². The Kier molecular flexibility index (Phi) is 5.28. The molecule has 0 bridgehead atoms. The number of ether oxygens (including phenoxy) is 1. The Balaban J connectivity index is 1.88. The van der Waals surface area contributed by atoms with Crippen molar-refractivity contribution in [3.8, 4) is 11.5 Å². The standard InChI is InChI=1S/C17H16ClFN4O4S/c1-22(2)28(25,26)21-17(24)12-7-13(18)16(8-14(12)19)27-11-5-4-10-9-20-23(3)15(10)6-11/h4-9H,1-3H3,(H,21,24). The zero-order valence-electron chi connectivity index (χ0n) is 15.1. The molecular formula is C17H16ClFN4O4S. The van der Waals surface area contributed by atoms with E-state index in [1.54, 1.807) is 40.8 Å². The van der Waals surface area contributed by atoms with Crippen molar-refractivity contribution in [2.45, 2.75) is 0 Å². The van der Waals surface area contributed by atoms with Crippen LogP contribution < -0.4 is 9.46 Å². The van der Waals surface area contributed by atoms with E-state index in [2.05, 4.69) is 5.10 Å². The van der Waals surface area contributed by atoms with Gasteiger partial charge in [-0.2, -0.15) is 17.8 Å². The summed E-state index contributed by atoms with van der Waals surface area (Å²) in [5.74, 6) is -1.75. The lowest BCUT2D eigenvalue weighted by atomic mass is 10.2. The molecule has 0 aliphatic rings. The van der Waals surface area contributed by atoms with Crippen molar-refractivity contribution in [2.24, 2.45) is 7.05 Å². The molecule has 28 heavy (non-hydrogen) atoms. The van der Waals surface area contributed by atoms with Gasteiger partial charge in [-0.05, 0) is 18.2 Å². The topological polar surface area (TPSA) is 93.5 Å². The van der Waals surface area contributed by atoms with Crippen LogP contribution in [0.4, 0.5) is 4.39 Å². The van der Waals surface area contributed by atoms with Crippen molar-refractivity contribution in [1.82, 2.24) is 18.8 Å². The maximum Gasteiger partial charge on any atom is 0.303 e. The summed E-state index contributed by atoms with van der Waals surface area (Å²) in [5.41, 5.74) is 0.281. The number of aryl methyl sites for hydroxylation is 1. The Morgan fingerprint density at radius 1 is 1.29 bits per heavy atom. The van der Waals surface area contributed by atoms with Crippen LogP contribution >= 0.6 is 11.6 Å². The Hall–Kier alpha value is -2.69. The van der Waals surface area contributed by atoms with Crippen LogP contribution in [-0.4, -0.2) is 42.5 Å². The fraction of sp³-hybridized carbons (Fsp3) is 0.176. The third kappa shape index (κ3) is 3.93. The molecule has 0 radical (unpaired) electrons. The van der Waals surface area contributed by atoms with Gasteiger partial charge in [-0.25, -0.2) is 9.11 Å². The zero-order chi connectivity index (χ0) is 20.6. The highest BCUT2D eigenvalue weighted by Gasteiger charge is 2.22. The molecule has 0 spiro atoms. The highest BCUT2D eigenvalue weighted by Crippen LogP contribution is 2.33. The van der Waals surface area contributed by atoms with E-state index in [0.29, 0.717) is 5.75 Å². The van der Waals surface area contributed by atoms with E-state index in [1.807, 2.05) is 0 Å². The van der Waals surface area contributed by atoms with E-state index in [-0.39, 0.29) is 10.8 Å². The van der Waals surface area contributed by atoms with E-state index in [9.17, 15) is 17.6 Å². The van der Waals surface area contributed by atoms with Crippen LogP contribution in [-0.2, 0) is 17.3 Å². The molecule has 2 aromatic carbocycles. The lowest BCUT2D eigenvalue weighted by Crippen LogP contribution is -2.39. The van der Waals surface area contributed by atoms with Gasteiger partial charge < -0.3 is 4.74 Å². The van der Waals surface area contributed by atoms with E-state index in [4.69, 9.17) is 16.3 Å². The summed E-state index contributed by atoms with van der Waals surface area (Å²) in [4.78, 5) is 12.1. The molecule has 8 nitrogen and oxygen atoms in total. The second-order valence-electron chi connectivity index (χ2n) is 6.07. The summed E-state index contributed by atoms with van der Waals surface area (Å²) in [5, 5.41) is 4.97. The molecule has 3 aromatic rings. The number of amides is 1. The van der Waals surface area contributed by atoms with E-state index >= 15 is 0 Å². The molecule has 0 atom stereocenters. The number of nitrogens with one attached hydrogen (secondary N) is 1. The summed E-state index contributed by atoms with van der Waals surface area (Å²) in [6.45, 7) is 0. The van der Waals surface area contributed by atoms with Gasteiger partial charge in [-0.3, -0.25) is 9.48 Å². The van der Waals surface area contributed by atoms with Crippen LogP contribution in [0, 0.1) is 5.82 Å². The second-order valence-corrected chi connectivity index (χ2v) is 8.36. The number of halogens is 2. The van der Waals surface area contributed by atoms with Crippen LogP contribution in [0.2, 0.25) is 5.02 Å². The van der Waals surface area contributed by atoms with Crippen LogP contribution in [0.3, 0.4) is 0 Å². The first-order valence-electron chi connectivity index (χ1n) is 7.92. The molecule has 1 amide bonds. The minimum absolute atomic E-state index is 0.0206. The van der Waals surface area contributed by atoms with Gasteiger partial charge in [0.2, 0.25) is 0 Å². The summed E-state index contributed by atoms with van der Waals surface area (Å²) in [7, 11) is 0.165. The molecule has 0 fully saturated rings. The van der Waals surface area contributed by atoms with E-state index < -0.39 is 27.5 Å². The van der Waals surface area contributed by atoms with Gasteiger partial charge in [0, 0.05) is 38.7 Å². The van der Waals surface area contributed by atoms with Crippen molar-refractivity contribution in [1.29, 1.82) is 0 Å². The molecular weight excluding hydrogens is 411 g/mol. The molecule has 1 aromatic heterocycles. The molecule has 11 heteroatoms. The number of aromatic nitrogens is 2. The van der Waals surface area contributed by atoms with Gasteiger partial charge in [0.25, 0.3) is 5.91 Å². The Morgan fingerprint density at radius 3 is 2.68 bits per heavy atom. The number of rotatable bonds is 5. The molecule has 0 aliphatic heterocycles. The number of hydrogen-bond donors (Lipinski definition) is 1. The lowest BCUT2D eigenvalue weighted by Gasteiger charge is -2.14. The second kappa shape index (κ2) is 7.38. The highest BCUT2D eigenvalue weighted by molar-refractivity contribution is 7.87. The summed E-state index contributed by atoms with van der Waals surface area (Å²) in [6, 6.07) is 7.10. The van der Waals surface area contributed by atoms with Crippen LogP contribution in [0.25, 0.3) is 10.9 Å². The molecule has 0 saturated carbocycles. The number of nitrogens with zero attached hydrogens (tertiary/aromatic N) is 3. The smallest absolute Gasteiger partial charge is 0.303 e. The number of fused-ring (bicyclic) bond motifs is 1. The van der Waals surface area contributed by atoms with Crippen molar-refractivity contribution in [2.75, 3.05) is 14.1 Å². The minimum Gasteiger partial charge on any atom is -0.456 e. The van der Waals surface area contributed by atoms with Crippen molar-refractivity contribution in [3.05, 3.63) is 52.9 Å². The quantitative estimate of drug-likeness (QED) is 0.677. The van der Waals surface area contributed by atoms with E-state index in [0.717, 1.165) is 27.3 Å². The normalized spacial score (nSPS) is 11.8. The van der Waals surface area contributed by atoms with Gasteiger partial charge in [0.1, 0.15) is 17.3 Å². The number of hydrogen-bond acceptors (Lipinski definition) is 5. The lowest BCUT2D eigenvalue weighted by molar-refractivity contribution is 0.0976. The van der Waals surface area contributed by atoms with Gasteiger partial charge >= 0.3 is 10.2 Å². The Labute approximate surface area is 165 Å². The largest absolute Gasteiger partial charge is 0.456 e. The molecule has 1 heterocycles. The minimum atomic E-state index is -4.07. The number of carbonyl (C=O) groups is 1. The first-order valence-corrected chi connectivity index (χ1v) is 9.73. The van der Waals surface area contributed by atoms with Crippen molar-refractivity contribution in [3.63, 3.8) is 0 Å². The summed E-state index contributed by atoms with van der Waals surface area (Å²) < 4.78 is 47.7. The zero-order valence-corrected chi connectivity index (χ0v) is 16.7. The first-order chi connectivity index (χ1) is 13.1. The first kappa shape index (κ1) is 20.1. The predicted octanol–water partition coefficient (Wildman–Crippen LogP) is 2.69. The third-order valence-electron chi connectivity index (χ3n) is 3.92. The van der Waals surface area contributed by atoms with E-state index in [1.165, 1.54) is 14.1 Å². The fourth-order valence-corrected chi connectivity index (χ4v) is 3.09. The van der Waals surface area contributed by atoms with Crippen molar-refractivity contribution >= 4 is 38.6 Å². The molecule has 0 unspecified atom stereocenters. The number of benzene rings is 2. The van der Waals surface area contributed by atoms with Crippen molar-refractivity contribution < 1.29 is 22.3 Å². The molecule has 1 N–H and O–H groups in total. The molecule has 0 saturated heterocycles. The highest BCUT2D eigenvalue weighted by atomic mass is 35.5. The fourth-order valence-electron chi connectivity index (χ4n) is 2.36. The van der Waals surface area contributed by atoms with Gasteiger partial charge in [-0.1, -0.05) is 11.6 Å². The van der Waals surface area contributed by atoms with Gasteiger partial charge in [-0.15, -0.1) is 0 Å². The Morgan fingerprint density at radius 2 is 2.00 bits per heavy atom. The predicted molar refractivity (Wildman–Crippen MR) is 102 cm³/mol. The molecule has 0 aliphatic carbocycles. The molecule has 148 valence electrons. The number of carbonyl (C=O) groups excluding carboxylic acids is 1. The van der Waals surface area contributed by atoms with Crippen LogP contribution in [0.15, 0.2) is 36.5 Å². The average Bonchev–Trinajstić information content (AvgIpc) is 2.98. The molecule has 3 rings (SSSR count). The monoisotopic (exact) mass is 426 g/mol. The van der Waals surface area contributed by atoms with Gasteiger partial charge in [0.15, 0.2) is 0 Å².